The molecule has 1 aromatic rings. The van der Waals surface area contributed by atoms with Crippen molar-refractivity contribution in [2.24, 2.45) is 0 Å². The predicted molar refractivity (Wildman–Crippen MR) is 76.2 cm³/mol. The van der Waals surface area contributed by atoms with Crippen LogP contribution in [0.3, 0.4) is 0 Å². The second-order valence-electron chi connectivity index (χ2n) is 4.12. The molecule has 0 aliphatic heterocycles. The van der Waals surface area contributed by atoms with Crippen molar-refractivity contribution in [1.29, 1.82) is 0 Å². The molecule has 0 atom stereocenters. The Morgan fingerprint density at radius 3 is 2.38 bits per heavy atom. The highest BCUT2D eigenvalue weighted by atomic mass is 16.5. The third-order valence-electron chi connectivity index (χ3n) is 2.39. The van der Waals surface area contributed by atoms with Crippen LogP contribution in [0.2, 0.25) is 0 Å². The van der Waals surface area contributed by atoms with Gasteiger partial charge in [0.05, 0.1) is 26.2 Å². The molecular formula is C15H17NO5. The Bertz CT molecular complexity index is 518. The average molecular weight is 291 g/mol. The number of carbonyl (C=O) groups excluding carboxylic acids is 1. The lowest BCUT2D eigenvalue weighted by molar-refractivity contribution is -0.140. The van der Waals surface area contributed by atoms with Gasteiger partial charge in [-0.15, -0.1) is 6.42 Å². The summed E-state index contributed by atoms with van der Waals surface area (Å²) in [6, 6.07) is 6.57. The van der Waals surface area contributed by atoms with E-state index in [1.54, 1.807) is 24.3 Å². The fraction of sp³-hybridized carbons (Fsp3) is 0.333. The van der Waals surface area contributed by atoms with Gasteiger partial charge in [0.15, 0.2) is 0 Å². The lowest BCUT2D eigenvalue weighted by atomic mass is 10.3. The molecular weight excluding hydrogens is 274 g/mol. The molecule has 0 aliphatic rings. The fourth-order valence-electron chi connectivity index (χ4n) is 1.60. The molecule has 112 valence electrons. The molecule has 0 aromatic heterocycles. The molecule has 6 nitrogen and oxygen atoms in total. The maximum Gasteiger partial charge on any atom is 0.325 e. The molecule has 1 N–H and O–H groups in total. The highest BCUT2D eigenvalue weighted by Gasteiger charge is 2.14. The van der Waals surface area contributed by atoms with E-state index in [0.717, 1.165) is 0 Å². The first-order chi connectivity index (χ1) is 10.0. The summed E-state index contributed by atoms with van der Waals surface area (Å²) in [5.74, 6) is 1.71. The van der Waals surface area contributed by atoms with Gasteiger partial charge in [0.25, 0.3) is 0 Å². The van der Waals surface area contributed by atoms with Crippen LogP contribution in [0.15, 0.2) is 24.3 Å². The van der Waals surface area contributed by atoms with Crippen molar-refractivity contribution >= 4 is 11.9 Å². The molecule has 21 heavy (non-hydrogen) atoms. The summed E-state index contributed by atoms with van der Waals surface area (Å²) in [5, 5.41) is 8.72. The minimum absolute atomic E-state index is 0.0602. The number of nitrogens with zero attached hydrogens (tertiary/aromatic N) is 1. The van der Waals surface area contributed by atoms with E-state index in [0.29, 0.717) is 18.1 Å². The molecule has 0 unspecified atom stereocenters. The SMILES string of the molecule is C#CCN(CC(=O)O)CC(=O)Oc1ccc(OCC)cc1. The molecule has 6 heteroatoms. The molecule has 0 radical (unpaired) electrons. The maximum atomic E-state index is 11.7. The first kappa shape index (κ1) is 16.5. The Morgan fingerprint density at radius 1 is 1.24 bits per heavy atom. The van der Waals surface area contributed by atoms with Gasteiger partial charge in [-0.1, -0.05) is 5.92 Å². The van der Waals surface area contributed by atoms with Gasteiger partial charge in [-0.3, -0.25) is 14.5 Å². The van der Waals surface area contributed by atoms with Crippen molar-refractivity contribution in [2.75, 3.05) is 26.2 Å². The smallest absolute Gasteiger partial charge is 0.325 e. The van der Waals surface area contributed by atoms with Gasteiger partial charge in [0, 0.05) is 0 Å². The van der Waals surface area contributed by atoms with Crippen LogP contribution >= 0.6 is 0 Å². The predicted octanol–water partition coefficient (Wildman–Crippen LogP) is 1.01. The second kappa shape index (κ2) is 8.61. The molecule has 0 aliphatic carbocycles. The van der Waals surface area contributed by atoms with Crippen molar-refractivity contribution in [2.45, 2.75) is 6.92 Å². The number of terminal acetylenes is 1. The van der Waals surface area contributed by atoms with E-state index in [1.807, 2.05) is 6.92 Å². The first-order valence-electron chi connectivity index (χ1n) is 6.36. The number of carboxylic acids is 1. The molecule has 1 aromatic carbocycles. The third-order valence-corrected chi connectivity index (χ3v) is 2.39. The number of benzene rings is 1. The van der Waals surface area contributed by atoms with Crippen LogP contribution in [0.25, 0.3) is 0 Å². The van der Waals surface area contributed by atoms with E-state index in [9.17, 15) is 9.59 Å². The van der Waals surface area contributed by atoms with Crippen LogP contribution in [0.5, 0.6) is 11.5 Å². The molecule has 0 bridgehead atoms. The molecule has 1 rings (SSSR count). The van der Waals surface area contributed by atoms with Crippen molar-refractivity contribution in [3.63, 3.8) is 0 Å². The van der Waals surface area contributed by atoms with Gasteiger partial charge in [0.1, 0.15) is 11.5 Å². The summed E-state index contributed by atoms with van der Waals surface area (Å²) in [4.78, 5) is 23.7. The molecule has 0 fully saturated rings. The Hall–Kier alpha value is -2.52. The molecule has 0 spiro atoms. The van der Waals surface area contributed by atoms with E-state index in [-0.39, 0.29) is 19.6 Å². The first-order valence-corrected chi connectivity index (χ1v) is 6.36. The van der Waals surface area contributed by atoms with E-state index >= 15 is 0 Å². The summed E-state index contributed by atoms with van der Waals surface area (Å²) >= 11 is 0. The van der Waals surface area contributed by atoms with E-state index < -0.39 is 11.9 Å². The Morgan fingerprint density at radius 2 is 1.86 bits per heavy atom. The summed E-state index contributed by atoms with van der Waals surface area (Å²) < 4.78 is 10.4. The van der Waals surface area contributed by atoms with Crippen LogP contribution in [-0.4, -0.2) is 48.2 Å². The van der Waals surface area contributed by atoms with Gasteiger partial charge in [-0.2, -0.15) is 0 Å². The molecule has 0 saturated heterocycles. The van der Waals surface area contributed by atoms with Crippen LogP contribution in [0, 0.1) is 12.3 Å². The lowest BCUT2D eigenvalue weighted by Gasteiger charge is -2.16. The van der Waals surface area contributed by atoms with E-state index in [2.05, 4.69) is 5.92 Å². The van der Waals surface area contributed by atoms with Crippen molar-refractivity contribution in [3.05, 3.63) is 24.3 Å². The van der Waals surface area contributed by atoms with Crippen molar-refractivity contribution in [1.82, 2.24) is 4.90 Å². The van der Waals surface area contributed by atoms with Gasteiger partial charge in [-0.05, 0) is 31.2 Å². The maximum absolute atomic E-state index is 11.7. The van der Waals surface area contributed by atoms with Gasteiger partial charge >= 0.3 is 11.9 Å². The van der Waals surface area contributed by atoms with Crippen molar-refractivity contribution < 1.29 is 24.2 Å². The van der Waals surface area contributed by atoms with Crippen LogP contribution in [0.4, 0.5) is 0 Å². The van der Waals surface area contributed by atoms with E-state index in [4.69, 9.17) is 21.0 Å². The second-order valence-corrected chi connectivity index (χ2v) is 4.12. The summed E-state index contributed by atoms with van der Waals surface area (Å²) in [7, 11) is 0. The number of carbonyl (C=O) groups is 2. The third kappa shape index (κ3) is 6.45. The lowest BCUT2D eigenvalue weighted by Crippen LogP contribution is -2.36. The average Bonchev–Trinajstić information content (AvgIpc) is 2.40. The number of hydrogen-bond acceptors (Lipinski definition) is 5. The van der Waals surface area contributed by atoms with Crippen LogP contribution in [0.1, 0.15) is 6.92 Å². The topological polar surface area (TPSA) is 76.1 Å². The highest BCUT2D eigenvalue weighted by molar-refractivity contribution is 5.76. The minimum atomic E-state index is -1.06. The summed E-state index contributed by atoms with van der Waals surface area (Å²) in [5.41, 5.74) is 0. The van der Waals surface area contributed by atoms with Crippen LogP contribution in [-0.2, 0) is 9.59 Å². The fourth-order valence-corrected chi connectivity index (χ4v) is 1.60. The number of hydrogen-bond donors (Lipinski definition) is 1. The quantitative estimate of drug-likeness (QED) is 0.438. The standard InChI is InChI=1S/C15H17NO5/c1-3-9-16(10-14(17)18)11-15(19)21-13-7-5-12(6-8-13)20-4-2/h1,5-8H,4,9-11H2,2H3,(H,17,18). The Balaban J connectivity index is 2.55. The minimum Gasteiger partial charge on any atom is -0.494 e. The van der Waals surface area contributed by atoms with Crippen molar-refractivity contribution in [3.8, 4) is 23.8 Å². The van der Waals surface area contributed by atoms with Gasteiger partial charge < -0.3 is 14.6 Å². The van der Waals surface area contributed by atoms with E-state index in [1.165, 1.54) is 4.90 Å². The number of aliphatic carboxylic acids is 1. The molecule has 0 amide bonds. The zero-order valence-electron chi connectivity index (χ0n) is 11.7. The zero-order valence-corrected chi connectivity index (χ0v) is 11.7. The number of ether oxygens (including phenoxy) is 2. The molecule has 0 saturated carbocycles. The monoisotopic (exact) mass is 291 g/mol. The molecule has 0 heterocycles. The number of esters is 1. The number of carboxylic acid groups (broad SMARTS) is 1. The Labute approximate surface area is 123 Å². The zero-order chi connectivity index (χ0) is 15.7. The normalized spacial score (nSPS) is 9.95. The largest absolute Gasteiger partial charge is 0.494 e. The van der Waals surface area contributed by atoms with Crippen LogP contribution < -0.4 is 9.47 Å². The van der Waals surface area contributed by atoms with Gasteiger partial charge in [0.2, 0.25) is 0 Å². The number of rotatable bonds is 8. The highest BCUT2D eigenvalue weighted by Crippen LogP contribution is 2.17. The van der Waals surface area contributed by atoms with Gasteiger partial charge in [-0.25, -0.2) is 0 Å². The Kier molecular flexibility index (Phi) is 6.78. The summed E-state index contributed by atoms with van der Waals surface area (Å²) in [6.45, 7) is 1.97. The summed E-state index contributed by atoms with van der Waals surface area (Å²) in [6.07, 6.45) is 5.13.